The summed E-state index contributed by atoms with van der Waals surface area (Å²) in [5.41, 5.74) is 2.71. The summed E-state index contributed by atoms with van der Waals surface area (Å²) < 4.78 is 52.8. The van der Waals surface area contributed by atoms with Crippen molar-refractivity contribution in [3.8, 4) is 0 Å². The number of fused-ring (bicyclic) bond motifs is 2. The maximum absolute atomic E-state index is 14.3. The van der Waals surface area contributed by atoms with E-state index in [1.54, 1.807) is 6.20 Å². The van der Waals surface area contributed by atoms with Crippen LogP contribution in [0.25, 0.3) is 11.2 Å². The number of rotatable bonds is 3. The highest BCUT2D eigenvalue weighted by Gasteiger charge is 2.27. The molecular formula is C17H14F4N6. The van der Waals surface area contributed by atoms with E-state index in [2.05, 4.69) is 25.4 Å². The Kier molecular flexibility index (Phi) is 4.25. The lowest BCUT2D eigenvalue weighted by Gasteiger charge is -2.13. The van der Waals surface area contributed by atoms with Gasteiger partial charge < -0.3 is 5.32 Å². The average molecular weight is 378 g/mol. The lowest BCUT2D eigenvalue weighted by molar-refractivity contribution is -0.115. The van der Waals surface area contributed by atoms with E-state index in [0.717, 1.165) is 18.4 Å². The molecule has 0 amide bonds. The predicted octanol–water partition coefficient (Wildman–Crippen LogP) is 3.40. The van der Waals surface area contributed by atoms with Crippen molar-refractivity contribution in [2.75, 3.05) is 11.9 Å². The summed E-state index contributed by atoms with van der Waals surface area (Å²) in [6.45, 7) is -1.21. The standard InChI is InChI=1S/C17H14F4N6/c18-13-5-10(7-27-15(13)24-9-25-27)11-3-1-2-4-14-12(11)6-22-16(26-14)23-8-17(19,20)21/h3,5-7,9H,1-2,4,8H2,(H,22,23,26). The van der Waals surface area contributed by atoms with E-state index in [0.29, 0.717) is 23.2 Å². The number of aryl methyl sites for hydroxylation is 1. The molecule has 0 atom stereocenters. The Labute approximate surface area is 151 Å². The smallest absolute Gasteiger partial charge is 0.345 e. The third-order valence-corrected chi connectivity index (χ3v) is 4.21. The van der Waals surface area contributed by atoms with Crippen molar-refractivity contribution >= 4 is 17.2 Å². The molecule has 0 saturated heterocycles. The van der Waals surface area contributed by atoms with E-state index in [1.807, 2.05) is 6.08 Å². The zero-order valence-corrected chi connectivity index (χ0v) is 14.0. The molecule has 3 aromatic rings. The maximum atomic E-state index is 14.3. The molecule has 10 heteroatoms. The van der Waals surface area contributed by atoms with Crippen molar-refractivity contribution in [3.05, 3.63) is 53.5 Å². The van der Waals surface area contributed by atoms with Gasteiger partial charge in [-0.15, -0.1) is 0 Å². The van der Waals surface area contributed by atoms with Gasteiger partial charge in [0.05, 0.1) is 5.69 Å². The monoisotopic (exact) mass is 378 g/mol. The Morgan fingerprint density at radius 2 is 2.07 bits per heavy atom. The number of pyridine rings is 1. The summed E-state index contributed by atoms with van der Waals surface area (Å²) in [5, 5.41) is 6.16. The number of anilines is 1. The summed E-state index contributed by atoms with van der Waals surface area (Å²) in [6, 6.07) is 1.36. The number of alkyl halides is 3. The van der Waals surface area contributed by atoms with Crippen molar-refractivity contribution in [2.45, 2.75) is 25.4 Å². The fraction of sp³-hybridized carbons (Fsp3) is 0.294. The summed E-state index contributed by atoms with van der Waals surface area (Å²) in [5.74, 6) is -0.591. The molecule has 0 spiro atoms. The van der Waals surface area contributed by atoms with Crippen LogP contribution in [-0.4, -0.2) is 37.3 Å². The highest BCUT2D eigenvalue weighted by Crippen LogP contribution is 2.31. The van der Waals surface area contributed by atoms with Crippen LogP contribution in [0, 0.1) is 5.82 Å². The van der Waals surface area contributed by atoms with E-state index in [-0.39, 0.29) is 11.6 Å². The lowest BCUT2D eigenvalue weighted by Crippen LogP contribution is -2.22. The summed E-state index contributed by atoms with van der Waals surface area (Å²) in [7, 11) is 0. The average Bonchev–Trinajstić information content (AvgIpc) is 2.99. The molecule has 3 heterocycles. The van der Waals surface area contributed by atoms with E-state index in [4.69, 9.17) is 0 Å². The van der Waals surface area contributed by atoms with Crippen molar-refractivity contribution < 1.29 is 17.6 Å². The van der Waals surface area contributed by atoms with Gasteiger partial charge in [0.15, 0.2) is 11.5 Å². The van der Waals surface area contributed by atoms with Gasteiger partial charge in [0.2, 0.25) is 5.95 Å². The first-order valence-corrected chi connectivity index (χ1v) is 8.27. The van der Waals surface area contributed by atoms with Crippen molar-refractivity contribution in [1.29, 1.82) is 0 Å². The molecule has 0 aliphatic heterocycles. The SMILES string of the molecule is Fc1cc(C2=CCCCc3nc(NCC(F)(F)F)ncc32)cn2ncnc12. The molecule has 1 N–H and O–H groups in total. The quantitative estimate of drug-likeness (QED) is 0.708. The minimum Gasteiger partial charge on any atom is -0.345 e. The molecule has 0 fully saturated rings. The molecule has 1 aliphatic rings. The fourth-order valence-electron chi connectivity index (χ4n) is 3.03. The third kappa shape index (κ3) is 3.60. The van der Waals surface area contributed by atoms with Gasteiger partial charge in [-0.25, -0.2) is 23.9 Å². The van der Waals surface area contributed by atoms with Gasteiger partial charge in [0, 0.05) is 23.5 Å². The van der Waals surface area contributed by atoms with E-state index in [9.17, 15) is 17.6 Å². The van der Waals surface area contributed by atoms with Gasteiger partial charge in [-0.05, 0) is 30.9 Å². The van der Waals surface area contributed by atoms with Gasteiger partial charge in [-0.3, -0.25) is 0 Å². The number of hydrogen-bond donors (Lipinski definition) is 1. The second kappa shape index (κ2) is 6.60. The van der Waals surface area contributed by atoms with Gasteiger partial charge >= 0.3 is 6.18 Å². The topological polar surface area (TPSA) is 68.0 Å². The van der Waals surface area contributed by atoms with Crippen LogP contribution in [-0.2, 0) is 6.42 Å². The number of nitrogens with one attached hydrogen (secondary N) is 1. The maximum Gasteiger partial charge on any atom is 0.405 e. The van der Waals surface area contributed by atoms with Crippen LogP contribution < -0.4 is 5.32 Å². The lowest BCUT2D eigenvalue weighted by atomic mass is 9.99. The number of nitrogens with zero attached hydrogens (tertiary/aromatic N) is 5. The molecular weight excluding hydrogens is 364 g/mol. The summed E-state index contributed by atoms with van der Waals surface area (Å²) in [4.78, 5) is 12.1. The zero-order chi connectivity index (χ0) is 19.0. The normalized spacial score (nSPS) is 14.6. The number of aromatic nitrogens is 5. The van der Waals surface area contributed by atoms with Crippen molar-refractivity contribution in [2.24, 2.45) is 0 Å². The first-order chi connectivity index (χ1) is 12.9. The molecule has 0 radical (unpaired) electrons. The molecule has 4 rings (SSSR count). The van der Waals surface area contributed by atoms with E-state index in [1.165, 1.54) is 23.1 Å². The second-order valence-electron chi connectivity index (χ2n) is 6.14. The molecule has 3 aromatic heterocycles. The molecule has 0 saturated carbocycles. The van der Waals surface area contributed by atoms with Crippen LogP contribution in [0.15, 0.2) is 30.9 Å². The Balaban J connectivity index is 1.72. The minimum absolute atomic E-state index is 0.0785. The van der Waals surface area contributed by atoms with Crippen LogP contribution >= 0.6 is 0 Å². The Morgan fingerprint density at radius 3 is 2.89 bits per heavy atom. The van der Waals surface area contributed by atoms with E-state index >= 15 is 0 Å². The summed E-state index contributed by atoms with van der Waals surface area (Å²) in [6.07, 6.45) is 4.09. The fourth-order valence-corrected chi connectivity index (χ4v) is 3.03. The second-order valence-corrected chi connectivity index (χ2v) is 6.14. The Bertz CT molecular complexity index is 1020. The number of allylic oxidation sites excluding steroid dienone is 1. The minimum atomic E-state index is -4.36. The van der Waals surface area contributed by atoms with Gasteiger partial charge in [0.1, 0.15) is 12.9 Å². The Hall–Kier alpha value is -3.04. The number of halogens is 4. The molecule has 140 valence electrons. The molecule has 27 heavy (non-hydrogen) atoms. The predicted molar refractivity (Wildman–Crippen MR) is 89.5 cm³/mol. The van der Waals surface area contributed by atoms with Crippen LogP contribution in [0.5, 0.6) is 0 Å². The zero-order valence-electron chi connectivity index (χ0n) is 14.0. The largest absolute Gasteiger partial charge is 0.405 e. The van der Waals surface area contributed by atoms with Gasteiger partial charge in [0.25, 0.3) is 0 Å². The van der Waals surface area contributed by atoms with Gasteiger partial charge in [-0.1, -0.05) is 6.08 Å². The van der Waals surface area contributed by atoms with Crippen LogP contribution in [0.4, 0.5) is 23.5 Å². The highest BCUT2D eigenvalue weighted by atomic mass is 19.4. The van der Waals surface area contributed by atoms with Crippen LogP contribution in [0.2, 0.25) is 0 Å². The molecule has 0 unspecified atom stereocenters. The van der Waals surface area contributed by atoms with E-state index < -0.39 is 18.5 Å². The molecule has 0 aromatic carbocycles. The van der Waals surface area contributed by atoms with Crippen LogP contribution in [0.1, 0.15) is 29.7 Å². The van der Waals surface area contributed by atoms with Gasteiger partial charge in [-0.2, -0.15) is 18.3 Å². The molecule has 1 aliphatic carbocycles. The first kappa shape index (κ1) is 17.4. The molecule has 0 bridgehead atoms. The van der Waals surface area contributed by atoms with Crippen LogP contribution in [0.3, 0.4) is 0 Å². The van der Waals surface area contributed by atoms with Crippen molar-refractivity contribution in [1.82, 2.24) is 24.6 Å². The highest BCUT2D eigenvalue weighted by molar-refractivity contribution is 5.81. The number of hydrogen-bond acceptors (Lipinski definition) is 5. The molecule has 6 nitrogen and oxygen atoms in total. The summed E-state index contributed by atoms with van der Waals surface area (Å²) >= 11 is 0. The Morgan fingerprint density at radius 1 is 1.22 bits per heavy atom. The third-order valence-electron chi connectivity index (χ3n) is 4.21. The van der Waals surface area contributed by atoms with Crippen molar-refractivity contribution in [3.63, 3.8) is 0 Å². The first-order valence-electron chi connectivity index (χ1n) is 8.27.